The summed E-state index contributed by atoms with van der Waals surface area (Å²) >= 11 is 3.44. The first-order valence-corrected chi connectivity index (χ1v) is 5.92. The summed E-state index contributed by atoms with van der Waals surface area (Å²) < 4.78 is 6.10. The fourth-order valence-corrected chi connectivity index (χ4v) is 2.13. The summed E-state index contributed by atoms with van der Waals surface area (Å²) in [5.41, 5.74) is 6.85. The van der Waals surface area contributed by atoms with Crippen LogP contribution in [-0.4, -0.2) is 9.97 Å². The topological polar surface area (TPSA) is 64.9 Å². The highest BCUT2D eigenvalue weighted by atomic mass is 79.9. The highest BCUT2D eigenvalue weighted by molar-refractivity contribution is 9.10. The molecule has 3 rings (SSSR count). The molecule has 0 radical (unpaired) electrons. The molecule has 0 spiro atoms. The second kappa shape index (κ2) is 3.59. The molecule has 0 aliphatic heterocycles. The third-order valence-corrected chi connectivity index (χ3v) is 3.42. The Balaban J connectivity index is 2.13. The maximum absolute atomic E-state index is 5.85. The van der Waals surface area contributed by atoms with Crippen molar-refractivity contribution in [3.63, 3.8) is 0 Å². The number of nitrogens with zero attached hydrogens (tertiary/aromatic N) is 2. The van der Waals surface area contributed by atoms with Gasteiger partial charge in [0.1, 0.15) is 5.82 Å². The standard InChI is InChI=1S/C11H10BrN3O/c12-8-9(6-3-4-6)14-11(15-10(8)13)7-2-1-5-16-7/h1-2,5-6H,3-4H2,(H2,13,14,15). The van der Waals surface area contributed by atoms with Gasteiger partial charge in [-0.3, -0.25) is 0 Å². The van der Waals surface area contributed by atoms with Gasteiger partial charge in [0.05, 0.1) is 16.4 Å². The monoisotopic (exact) mass is 279 g/mol. The van der Waals surface area contributed by atoms with E-state index in [1.807, 2.05) is 12.1 Å². The van der Waals surface area contributed by atoms with Gasteiger partial charge in [-0.05, 0) is 40.9 Å². The van der Waals surface area contributed by atoms with E-state index in [-0.39, 0.29) is 0 Å². The molecule has 2 aromatic rings. The van der Waals surface area contributed by atoms with Gasteiger partial charge in [-0.25, -0.2) is 9.97 Å². The number of nitrogens with two attached hydrogens (primary N) is 1. The first-order valence-electron chi connectivity index (χ1n) is 5.12. The summed E-state index contributed by atoms with van der Waals surface area (Å²) in [4.78, 5) is 8.72. The lowest BCUT2D eigenvalue weighted by molar-refractivity contribution is 0.576. The van der Waals surface area contributed by atoms with E-state index in [1.165, 1.54) is 12.8 Å². The summed E-state index contributed by atoms with van der Waals surface area (Å²) in [5.74, 6) is 2.21. The minimum absolute atomic E-state index is 0.475. The van der Waals surface area contributed by atoms with Crippen LogP contribution < -0.4 is 5.73 Å². The van der Waals surface area contributed by atoms with Crippen LogP contribution in [0.1, 0.15) is 24.5 Å². The maximum Gasteiger partial charge on any atom is 0.197 e. The van der Waals surface area contributed by atoms with Gasteiger partial charge in [0.15, 0.2) is 11.6 Å². The van der Waals surface area contributed by atoms with Gasteiger partial charge in [-0.1, -0.05) is 0 Å². The van der Waals surface area contributed by atoms with E-state index in [0.29, 0.717) is 23.3 Å². The first kappa shape index (κ1) is 9.84. The Morgan fingerprint density at radius 2 is 2.19 bits per heavy atom. The van der Waals surface area contributed by atoms with Crippen LogP contribution in [0.15, 0.2) is 27.3 Å². The molecular formula is C11H10BrN3O. The molecule has 0 bridgehead atoms. The number of hydrogen-bond acceptors (Lipinski definition) is 4. The molecule has 2 aromatic heterocycles. The molecule has 1 fully saturated rings. The molecule has 4 nitrogen and oxygen atoms in total. The summed E-state index contributed by atoms with van der Waals surface area (Å²) in [5, 5.41) is 0. The minimum atomic E-state index is 0.475. The zero-order valence-corrected chi connectivity index (χ0v) is 10.1. The van der Waals surface area contributed by atoms with Crippen molar-refractivity contribution in [2.45, 2.75) is 18.8 Å². The second-order valence-electron chi connectivity index (χ2n) is 3.88. The first-order chi connectivity index (χ1) is 7.75. The van der Waals surface area contributed by atoms with Crippen molar-refractivity contribution in [2.24, 2.45) is 0 Å². The quantitative estimate of drug-likeness (QED) is 0.918. The predicted molar refractivity (Wildman–Crippen MR) is 63.8 cm³/mol. The lowest BCUT2D eigenvalue weighted by Crippen LogP contribution is -2.01. The number of furan rings is 1. The molecule has 1 aliphatic carbocycles. The molecule has 0 saturated heterocycles. The minimum Gasteiger partial charge on any atom is -0.461 e. The second-order valence-corrected chi connectivity index (χ2v) is 4.68. The van der Waals surface area contributed by atoms with Gasteiger partial charge < -0.3 is 10.2 Å². The van der Waals surface area contributed by atoms with E-state index in [0.717, 1.165) is 10.2 Å². The average molecular weight is 280 g/mol. The zero-order valence-electron chi connectivity index (χ0n) is 8.48. The fourth-order valence-electron chi connectivity index (χ4n) is 1.63. The number of halogens is 1. The number of nitrogen functional groups attached to an aromatic ring is 1. The number of hydrogen-bond donors (Lipinski definition) is 1. The molecule has 82 valence electrons. The van der Waals surface area contributed by atoms with E-state index < -0.39 is 0 Å². The van der Waals surface area contributed by atoms with Crippen LogP contribution in [0, 0.1) is 0 Å². The summed E-state index contributed by atoms with van der Waals surface area (Å²) in [6.07, 6.45) is 3.95. The van der Waals surface area contributed by atoms with Crippen LogP contribution >= 0.6 is 15.9 Å². The lowest BCUT2D eigenvalue weighted by Gasteiger charge is -2.06. The summed E-state index contributed by atoms with van der Waals surface area (Å²) in [6.45, 7) is 0. The lowest BCUT2D eigenvalue weighted by atomic mass is 10.2. The van der Waals surface area contributed by atoms with Crippen molar-refractivity contribution in [1.29, 1.82) is 0 Å². The number of anilines is 1. The van der Waals surface area contributed by atoms with Crippen LogP contribution in [0.25, 0.3) is 11.6 Å². The van der Waals surface area contributed by atoms with E-state index in [9.17, 15) is 0 Å². The Labute approximate surface area is 101 Å². The smallest absolute Gasteiger partial charge is 0.197 e. The summed E-state index contributed by atoms with van der Waals surface area (Å²) in [7, 11) is 0. The van der Waals surface area contributed by atoms with Crippen molar-refractivity contribution in [3.05, 3.63) is 28.6 Å². The number of rotatable bonds is 2. The van der Waals surface area contributed by atoms with E-state index in [4.69, 9.17) is 10.2 Å². The van der Waals surface area contributed by atoms with Crippen molar-refractivity contribution in [2.75, 3.05) is 5.73 Å². The van der Waals surface area contributed by atoms with Crippen molar-refractivity contribution >= 4 is 21.7 Å². The maximum atomic E-state index is 5.85. The SMILES string of the molecule is Nc1nc(-c2ccco2)nc(C2CC2)c1Br. The number of aromatic nitrogens is 2. The Morgan fingerprint density at radius 3 is 2.81 bits per heavy atom. The Bertz CT molecular complexity index is 520. The molecule has 16 heavy (non-hydrogen) atoms. The molecule has 1 aliphatic rings. The van der Waals surface area contributed by atoms with E-state index >= 15 is 0 Å². The van der Waals surface area contributed by atoms with Gasteiger partial charge in [0.25, 0.3) is 0 Å². The molecule has 1 saturated carbocycles. The highest BCUT2D eigenvalue weighted by Gasteiger charge is 2.29. The van der Waals surface area contributed by atoms with Crippen LogP contribution in [0.3, 0.4) is 0 Å². The molecular weight excluding hydrogens is 270 g/mol. The molecule has 2 heterocycles. The molecule has 5 heteroatoms. The molecule has 0 unspecified atom stereocenters. The Morgan fingerprint density at radius 1 is 1.38 bits per heavy atom. The summed E-state index contributed by atoms with van der Waals surface area (Å²) in [6, 6.07) is 3.65. The van der Waals surface area contributed by atoms with Crippen molar-refractivity contribution in [1.82, 2.24) is 9.97 Å². The van der Waals surface area contributed by atoms with Crippen molar-refractivity contribution in [3.8, 4) is 11.6 Å². The predicted octanol–water partition coefficient (Wildman–Crippen LogP) is 2.96. The zero-order chi connectivity index (χ0) is 11.1. The molecule has 0 atom stereocenters. The van der Waals surface area contributed by atoms with Crippen LogP contribution in [0.4, 0.5) is 5.82 Å². The average Bonchev–Trinajstić information content (AvgIpc) is 2.96. The molecule has 2 N–H and O–H groups in total. The van der Waals surface area contributed by atoms with Gasteiger partial charge >= 0.3 is 0 Å². The van der Waals surface area contributed by atoms with Crippen LogP contribution in [0.2, 0.25) is 0 Å². The Kier molecular flexibility index (Phi) is 2.21. The van der Waals surface area contributed by atoms with Gasteiger partial charge in [-0.15, -0.1) is 0 Å². The highest BCUT2D eigenvalue weighted by Crippen LogP contribution is 2.43. The van der Waals surface area contributed by atoms with Gasteiger partial charge in [0, 0.05) is 5.92 Å². The van der Waals surface area contributed by atoms with Gasteiger partial charge in [0.2, 0.25) is 0 Å². The third-order valence-electron chi connectivity index (χ3n) is 2.61. The van der Waals surface area contributed by atoms with E-state index in [1.54, 1.807) is 6.26 Å². The van der Waals surface area contributed by atoms with Crippen molar-refractivity contribution < 1.29 is 4.42 Å². The third kappa shape index (κ3) is 1.61. The van der Waals surface area contributed by atoms with Crippen LogP contribution in [-0.2, 0) is 0 Å². The molecule has 0 amide bonds. The Hall–Kier alpha value is -1.36. The fraction of sp³-hybridized carbons (Fsp3) is 0.273. The van der Waals surface area contributed by atoms with E-state index in [2.05, 4.69) is 25.9 Å². The molecule has 0 aromatic carbocycles. The van der Waals surface area contributed by atoms with Gasteiger partial charge in [-0.2, -0.15) is 0 Å². The van der Waals surface area contributed by atoms with Crippen LogP contribution in [0.5, 0.6) is 0 Å². The normalized spacial score (nSPS) is 15.3. The largest absolute Gasteiger partial charge is 0.461 e.